The number of nitrogens with zero attached hydrogens (tertiary/aromatic N) is 1. The molecule has 0 spiro atoms. The molecule has 0 unspecified atom stereocenters. The van der Waals surface area contributed by atoms with E-state index in [0.717, 1.165) is 12.1 Å². The van der Waals surface area contributed by atoms with Crippen LogP contribution in [0.3, 0.4) is 0 Å². The Bertz CT molecular complexity index is 840. The van der Waals surface area contributed by atoms with Crippen LogP contribution >= 0.6 is 11.6 Å². The number of benzene rings is 2. The van der Waals surface area contributed by atoms with E-state index >= 15 is 0 Å². The predicted molar refractivity (Wildman–Crippen MR) is 86.8 cm³/mol. The van der Waals surface area contributed by atoms with E-state index in [0.29, 0.717) is 16.3 Å². The number of ether oxygens (including phenoxy) is 1. The number of carbonyl (C=O) groups excluding carboxylic acids is 1. The Labute approximate surface area is 146 Å². The van der Waals surface area contributed by atoms with Crippen LogP contribution in [0.4, 0.5) is 18.9 Å². The molecule has 0 saturated heterocycles. The van der Waals surface area contributed by atoms with Crippen LogP contribution in [0.1, 0.15) is 5.56 Å². The van der Waals surface area contributed by atoms with Gasteiger partial charge in [-0.05, 0) is 35.9 Å². The van der Waals surface area contributed by atoms with E-state index in [2.05, 4.69) is 10.1 Å². The van der Waals surface area contributed by atoms with Crippen LogP contribution in [-0.2, 0) is 4.79 Å². The highest BCUT2D eigenvalue weighted by Gasteiger charge is 2.30. The number of nitrogens with one attached hydrogen (secondary N) is 1. The summed E-state index contributed by atoms with van der Waals surface area (Å²) >= 11 is 5.92. The van der Waals surface area contributed by atoms with Gasteiger partial charge in [-0.15, -0.1) is 13.2 Å². The van der Waals surface area contributed by atoms with Crippen molar-refractivity contribution >= 4 is 29.3 Å². The minimum atomic E-state index is -4.79. The molecule has 4 nitrogen and oxygen atoms in total. The smallest absolute Gasteiger partial charge is 0.406 e. The van der Waals surface area contributed by atoms with Gasteiger partial charge in [0.1, 0.15) is 17.4 Å². The molecule has 0 radical (unpaired) electrons. The molecule has 0 heterocycles. The Hall–Kier alpha value is -2.98. The molecule has 8 heteroatoms. The third-order valence-corrected chi connectivity index (χ3v) is 3.24. The molecule has 0 aliphatic heterocycles. The van der Waals surface area contributed by atoms with Crippen molar-refractivity contribution in [3.8, 4) is 11.8 Å². The largest absolute Gasteiger partial charge is 0.573 e. The molecule has 2 rings (SSSR count). The number of nitriles is 1. The molecule has 0 fully saturated rings. The van der Waals surface area contributed by atoms with Gasteiger partial charge in [0, 0.05) is 0 Å². The number of halogens is 4. The van der Waals surface area contributed by atoms with Gasteiger partial charge in [0.2, 0.25) is 0 Å². The van der Waals surface area contributed by atoms with E-state index in [-0.39, 0.29) is 5.57 Å². The van der Waals surface area contributed by atoms with E-state index < -0.39 is 18.0 Å². The van der Waals surface area contributed by atoms with Crippen molar-refractivity contribution in [1.29, 1.82) is 5.26 Å². The molecule has 1 amide bonds. The molecular formula is C17H10ClF3N2O2. The Morgan fingerprint density at radius 2 is 1.80 bits per heavy atom. The van der Waals surface area contributed by atoms with Crippen molar-refractivity contribution in [3.63, 3.8) is 0 Å². The summed E-state index contributed by atoms with van der Waals surface area (Å²) in [6, 6.07) is 13.0. The maximum absolute atomic E-state index is 12.1. The van der Waals surface area contributed by atoms with Gasteiger partial charge in [-0.25, -0.2) is 0 Å². The molecule has 0 aromatic heterocycles. The molecule has 2 aromatic carbocycles. The van der Waals surface area contributed by atoms with Gasteiger partial charge < -0.3 is 10.1 Å². The highest BCUT2D eigenvalue weighted by atomic mass is 35.5. The number of carbonyl (C=O) groups is 1. The van der Waals surface area contributed by atoms with Gasteiger partial charge in [-0.1, -0.05) is 35.9 Å². The minimum Gasteiger partial charge on any atom is -0.406 e. The molecule has 0 saturated carbocycles. The van der Waals surface area contributed by atoms with Crippen molar-refractivity contribution < 1.29 is 22.7 Å². The van der Waals surface area contributed by atoms with Gasteiger partial charge in [-0.3, -0.25) is 4.79 Å². The SMILES string of the molecule is N#C/C(=C\c1ccc(OC(F)(F)F)cc1)C(=O)Nc1ccccc1Cl. The first kappa shape index (κ1) is 18.4. The van der Waals surface area contributed by atoms with Crippen molar-refractivity contribution in [1.82, 2.24) is 0 Å². The van der Waals surface area contributed by atoms with Crippen LogP contribution < -0.4 is 10.1 Å². The Balaban J connectivity index is 2.15. The monoisotopic (exact) mass is 366 g/mol. The second-order valence-electron chi connectivity index (χ2n) is 4.72. The van der Waals surface area contributed by atoms with Crippen LogP contribution in [-0.4, -0.2) is 12.3 Å². The zero-order valence-corrected chi connectivity index (χ0v) is 13.2. The van der Waals surface area contributed by atoms with Crippen LogP contribution in [0, 0.1) is 11.3 Å². The van der Waals surface area contributed by atoms with E-state index in [1.54, 1.807) is 30.3 Å². The number of rotatable bonds is 4. The molecule has 25 heavy (non-hydrogen) atoms. The lowest BCUT2D eigenvalue weighted by Gasteiger charge is -2.08. The zero-order valence-electron chi connectivity index (χ0n) is 12.5. The number of hydrogen-bond donors (Lipinski definition) is 1. The van der Waals surface area contributed by atoms with Crippen molar-refractivity contribution in [2.75, 3.05) is 5.32 Å². The van der Waals surface area contributed by atoms with Crippen LogP contribution in [0.2, 0.25) is 5.02 Å². The number of para-hydroxylation sites is 1. The summed E-state index contributed by atoms with van der Waals surface area (Å²) in [5.74, 6) is -1.09. The quantitative estimate of drug-likeness (QED) is 0.625. The Kier molecular flexibility index (Phi) is 5.67. The predicted octanol–water partition coefficient (Wildman–Crippen LogP) is 4.78. The minimum absolute atomic E-state index is 0.232. The molecule has 2 aromatic rings. The fourth-order valence-electron chi connectivity index (χ4n) is 1.83. The number of amides is 1. The lowest BCUT2D eigenvalue weighted by atomic mass is 10.1. The maximum Gasteiger partial charge on any atom is 0.573 e. The maximum atomic E-state index is 12.1. The van der Waals surface area contributed by atoms with Crippen molar-refractivity contribution in [2.24, 2.45) is 0 Å². The summed E-state index contributed by atoms with van der Waals surface area (Å²) in [5, 5.41) is 11.9. The molecular weight excluding hydrogens is 357 g/mol. The summed E-state index contributed by atoms with van der Waals surface area (Å²) in [6.07, 6.45) is -3.55. The summed E-state index contributed by atoms with van der Waals surface area (Å²) < 4.78 is 40.1. The van der Waals surface area contributed by atoms with Crippen molar-refractivity contribution in [2.45, 2.75) is 6.36 Å². The molecule has 0 aliphatic carbocycles. The first-order valence-corrected chi connectivity index (χ1v) is 7.20. The fraction of sp³-hybridized carbons (Fsp3) is 0.0588. The van der Waals surface area contributed by atoms with Gasteiger partial charge >= 0.3 is 6.36 Å². The average molecular weight is 367 g/mol. The molecule has 0 bridgehead atoms. The van der Waals surface area contributed by atoms with Gasteiger partial charge in [0.15, 0.2) is 0 Å². The number of hydrogen-bond acceptors (Lipinski definition) is 3. The average Bonchev–Trinajstić information content (AvgIpc) is 2.54. The molecule has 0 atom stereocenters. The lowest BCUT2D eigenvalue weighted by Crippen LogP contribution is -2.17. The number of alkyl halides is 3. The van der Waals surface area contributed by atoms with E-state index in [9.17, 15) is 18.0 Å². The zero-order chi connectivity index (χ0) is 18.4. The molecule has 128 valence electrons. The van der Waals surface area contributed by atoms with Gasteiger partial charge in [0.05, 0.1) is 10.7 Å². The summed E-state index contributed by atoms with van der Waals surface area (Å²) in [5.41, 5.74) is 0.467. The highest BCUT2D eigenvalue weighted by Crippen LogP contribution is 2.24. The molecule has 1 N–H and O–H groups in total. The summed E-state index contributed by atoms with van der Waals surface area (Å²) in [4.78, 5) is 12.1. The van der Waals surface area contributed by atoms with Gasteiger partial charge in [0.25, 0.3) is 5.91 Å². The van der Waals surface area contributed by atoms with E-state index in [1.807, 2.05) is 0 Å². The topological polar surface area (TPSA) is 62.1 Å². The fourth-order valence-corrected chi connectivity index (χ4v) is 2.02. The second-order valence-corrected chi connectivity index (χ2v) is 5.13. The van der Waals surface area contributed by atoms with Crippen molar-refractivity contribution in [3.05, 3.63) is 64.7 Å². The second kappa shape index (κ2) is 7.73. The Morgan fingerprint density at radius 1 is 1.16 bits per heavy atom. The standard InChI is InChI=1S/C17H10ClF3N2O2/c18-14-3-1-2-4-15(14)23-16(24)12(10-22)9-11-5-7-13(8-6-11)25-17(19,20)21/h1-9H,(H,23,24)/b12-9+. The van der Waals surface area contributed by atoms with Crippen LogP contribution in [0.25, 0.3) is 6.08 Å². The molecule has 0 aliphatic rings. The first-order valence-electron chi connectivity index (χ1n) is 6.82. The highest BCUT2D eigenvalue weighted by molar-refractivity contribution is 6.34. The van der Waals surface area contributed by atoms with Crippen LogP contribution in [0.15, 0.2) is 54.1 Å². The Morgan fingerprint density at radius 3 is 2.36 bits per heavy atom. The first-order chi connectivity index (χ1) is 11.8. The third kappa shape index (κ3) is 5.55. The third-order valence-electron chi connectivity index (χ3n) is 2.91. The summed E-state index contributed by atoms with van der Waals surface area (Å²) in [7, 11) is 0. The van der Waals surface area contributed by atoms with E-state index in [4.69, 9.17) is 16.9 Å². The van der Waals surface area contributed by atoms with Gasteiger partial charge in [-0.2, -0.15) is 5.26 Å². The van der Waals surface area contributed by atoms with Crippen LogP contribution in [0.5, 0.6) is 5.75 Å². The van der Waals surface area contributed by atoms with E-state index in [1.165, 1.54) is 18.2 Å². The normalized spacial score (nSPS) is 11.6. The number of anilines is 1. The summed E-state index contributed by atoms with van der Waals surface area (Å²) in [6.45, 7) is 0. The lowest BCUT2D eigenvalue weighted by molar-refractivity contribution is -0.274.